The fourth-order valence-electron chi connectivity index (χ4n) is 3.15. The van der Waals surface area contributed by atoms with Gasteiger partial charge in [-0.2, -0.15) is 0 Å². The molecule has 1 fully saturated rings. The minimum absolute atomic E-state index is 0.00660. The van der Waals surface area contributed by atoms with Crippen molar-refractivity contribution in [2.45, 2.75) is 44.0 Å². The lowest BCUT2D eigenvalue weighted by molar-refractivity contribution is -0.136. The molecule has 0 aromatic heterocycles. The summed E-state index contributed by atoms with van der Waals surface area (Å²) in [7, 11) is -7.16. The van der Waals surface area contributed by atoms with Crippen LogP contribution in [0.25, 0.3) is 0 Å². The summed E-state index contributed by atoms with van der Waals surface area (Å²) in [6, 6.07) is 3.38. The summed E-state index contributed by atoms with van der Waals surface area (Å²) in [5.41, 5.74) is 0.465. The number of carbonyl (C=O) groups is 2. The van der Waals surface area contributed by atoms with Gasteiger partial charge in [0.05, 0.1) is 22.0 Å². The van der Waals surface area contributed by atoms with E-state index in [1.807, 2.05) is 6.92 Å². The zero-order chi connectivity index (χ0) is 21.8. The number of nitrogens with zero attached hydrogens (tertiary/aromatic N) is 1. The molecule has 0 spiro atoms. The number of carbonyl (C=O) groups excluding carboxylic acids is 2. The van der Waals surface area contributed by atoms with Gasteiger partial charge in [0.25, 0.3) is 5.91 Å². The molecule has 1 unspecified atom stereocenters. The van der Waals surface area contributed by atoms with Crippen molar-refractivity contribution in [1.29, 1.82) is 0 Å². The first-order chi connectivity index (χ1) is 13.4. The molecule has 1 saturated heterocycles. The van der Waals surface area contributed by atoms with Crippen LogP contribution in [0.15, 0.2) is 23.1 Å². The van der Waals surface area contributed by atoms with E-state index >= 15 is 0 Å². The topological polar surface area (TPSA) is 141 Å². The minimum atomic E-state index is -3.99. The molecule has 2 N–H and O–H groups in total. The molecule has 1 aromatic rings. The fraction of sp³-hybridized carbons (Fsp3) is 0.556. The van der Waals surface area contributed by atoms with Gasteiger partial charge in [0.2, 0.25) is 10.0 Å². The third-order valence-corrected chi connectivity index (χ3v) is 7.47. The molecule has 2 rings (SSSR count). The van der Waals surface area contributed by atoms with Gasteiger partial charge < -0.3 is 9.64 Å². The second-order valence-electron chi connectivity index (χ2n) is 7.10. The van der Waals surface area contributed by atoms with Crippen LogP contribution in [0.1, 0.15) is 42.1 Å². The highest BCUT2D eigenvalue weighted by Crippen LogP contribution is 2.19. The van der Waals surface area contributed by atoms with E-state index in [4.69, 9.17) is 9.88 Å². The number of rotatable bonds is 8. The monoisotopic (exact) mass is 446 g/mol. The average molecular weight is 447 g/mol. The Bertz CT molecular complexity index is 987. The summed E-state index contributed by atoms with van der Waals surface area (Å²) in [6.45, 7) is 3.38. The van der Waals surface area contributed by atoms with E-state index in [1.54, 1.807) is 6.92 Å². The number of aryl methyl sites for hydroxylation is 1. The van der Waals surface area contributed by atoms with Crippen LogP contribution in [0.3, 0.4) is 0 Å². The van der Waals surface area contributed by atoms with Gasteiger partial charge in [-0.3, -0.25) is 4.79 Å². The molecule has 9 nitrogen and oxygen atoms in total. The third kappa shape index (κ3) is 6.25. The van der Waals surface area contributed by atoms with Gasteiger partial charge in [0.15, 0.2) is 16.4 Å². The molecule has 1 aliphatic rings. The lowest BCUT2D eigenvalue weighted by atomic mass is 10.1. The number of benzene rings is 1. The molecule has 1 amide bonds. The van der Waals surface area contributed by atoms with Gasteiger partial charge in [-0.15, -0.1) is 0 Å². The van der Waals surface area contributed by atoms with Gasteiger partial charge in [0.1, 0.15) is 0 Å². The summed E-state index contributed by atoms with van der Waals surface area (Å²) in [6.07, 6.45) is 1.88. The van der Waals surface area contributed by atoms with E-state index in [0.29, 0.717) is 24.9 Å². The Kier molecular flexibility index (Phi) is 7.41. The zero-order valence-electron chi connectivity index (χ0n) is 16.5. The van der Waals surface area contributed by atoms with Gasteiger partial charge in [-0.25, -0.2) is 26.8 Å². The van der Waals surface area contributed by atoms with Crippen molar-refractivity contribution in [3.63, 3.8) is 0 Å². The molecule has 0 bridgehead atoms. The van der Waals surface area contributed by atoms with Crippen molar-refractivity contribution in [2.75, 3.05) is 24.7 Å². The molecule has 0 radical (unpaired) electrons. The Morgan fingerprint density at radius 2 is 2.00 bits per heavy atom. The first-order valence-corrected chi connectivity index (χ1v) is 12.6. The van der Waals surface area contributed by atoms with Crippen molar-refractivity contribution < 1.29 is 31.2 Å². The summed E-state index contributed by atoms with van der Waals surface area (Å²) >= 11 is 0. The maximum atomic E-state index is 12.6. The Hall–Kier alpha value is -1.98. The number of amides is 1. The number of nitrogens with two attached hydrogens (primary N) is 1. The summed E-state index contributed by atoms with van der Waals surface area (Å²) < 4.78 is 51.6. The van der Waals surface area contributed by atoms with Crippen molar-refractivity contribution in [1.82, 2.24) is 4.90 Å². The molecular weight excluding hydrogens is 420 g/mol. The first-order valence-electron chi connectivity index (χ1n) is 9.25. The van der Waals surface area contributed by atoms with Crippen molar-refractivity contribution in [2.24, 2.45) is 5.14 Å². The number of sulfonamides is 1. The third-order valence-electron chi connectivity index (χ3n) is 4.81. The predicted octanol–water partition coefficient (Wildman–Crippen LogP) is 0.615. The SMILES string of the molecule is CCCCN(C(=O)COC(=O)c1cc(S(N)(=O)=O)ccc1C)C1CCS(=O)(=O)C1. The normalized spacial score (nSPS) is 18.4. The quantitative estimate of drug-likeness (QED) is 0.577. The minimum Gasteiger partial charge on any atom is -0.452 e. The Morgan fingerprint density at radius 1 is 1.31 bits per heavy atom. The van der Waals surface area contributed by atoms with Crippen LogP contribution < -0.4 is 5.14 Å². The lowest BCUT2D eigenvalue weighted by Gasteiger charge is -2.28. The maximum Gasteiger partial charge on any atom is 0.338 e. The van der Waals surface area contributed by atoms with E-state index in [0.717, 1.165) is 12.5 Å². The largest absolute Gasteiger partial charge is 0.452 e. The lowest BCUT2D eigenvalue weighted by Crippen LogP contribution is -2.43. The van der Waals surface area contributed by atoms with Crippen LogP contribution in [0.2, 0.25) is 0 Å². The van der Waals surface area contributed by atoms with Gasteiger partial charge in [-0.05, 0) is 37.5 Å². The second kappa shape index (κ2) is 9.23. The van der Waals surface area contributed by atoms with Crippen LogP contribution in [-0.2, 0) is 29.4 Å². The van der Waals surface area contributed by atoms with Crippen LogP contribution in [0.4, 0.5) is 0 Å². The molecule has 11 heteroatoms. The molecular formula is C18H26N2O7S2. The first kappa shape index (κ1) is 23.3. The molecule has 1 heterocycles. The van der Waals surface area contributed by atoms with E-state index in [1.165, 1.54) is 17.0 Å². The van der Waals surface area contributed by atoms with Crippen LogP contribution in [0, 0.1) is 6.92 Å². The molecule has 29 heavy (non-hydrogen) atoms. The van der Waals surface area contributed by atoms with Crippen molar-refractivity contribution in [3.05, 3.63) is 29.3 Å². The molecule has 0 aliphatic carbocycles. The number of esters is 1. The number of ether oxygens (including phenoxy) is 1. The molecule has 1 atom stereocenters. The molecule has 0 saturated carbocycles. The molecule has 162 valence electrons. The van der Waals surface area contributed by atoms with E-state index < -0.39 is 44.4 Å². The second-order valence-corrected chi connectivity index (χ2v) is 10.9. The van der Waals surface area contributed by atoms with E-state index in [2.05, 4.69) is 0 Å². The molecule has 1 aliphatic heterocycles. The van der Waals surface area contributed by atoms with Gasteiger partial charge >= 0.3 is 5.97 Å². The van der Waals surface area contributed by atoms with Gasteiger partial charge in [-0.1, -0.05) is 19.4 Å². The van der Waals surface area contributed by atoms with Crippen molar-refractivity contribution in [3.8, 4) is 0 Å². The number of hydrogen-bond donors (Lipinski definition) is 1. The summed E-state index contributed by atoms with van der Waals surface area (Å²) in [5.74, 6) is -1.39. The summed E-state index contributed by atoms with van der Waals surface area (Å²) in [4.78, 5) is 26.3. The van der Waals surface area contributed by atoms with E-state index in [9.17, 15) is 26.4 Å². The number of unbranched alkanes of at least 4 members (excludes halogenated alkanes) is 1. The molecule has 1 aromatic carbocycles. The van der Waals surface area contributed by atoms with Crippen LogP contribution >= 0.6 is 0 Å². The van der Waals surface area contributed by atoms with Crippen molar-refractivity contribution >= 4 is 31.7 Å². The highest BCUT2D eigenvalue weighted by atomic mass is 32.2. The van der Waals surface area contributed by atoms with E-state index in [-0.39, 0.29) is 22.0 Å². The Balaban J connectivity index is 2.10. The Labute approximate surface area is 171 Å². The van der Waals surface area contributed by atoms with Crippen LogP contribution in [-0.4, -0.2) is 64.3 Å². The highest BCUT2D eigenvalue weighted by molar-refractivity contribution is 7.91. The summed E-state index contributed by atoms with van der Waals surface area (Å²) in [5, 5.41) is 5.09. The Morgan fingerprint density at radius 3 is 2.55 bits per heavy atom. The number of hydrogen-bond acceptors (Lipinski definition) is 7. The predicted molar refractivity (Wildman–Crippen MR) is 107 cm³/mol. The average Bonchev–Trinajstić information content (AvgIpc) is 2.99. The van der Waals surface area contributed by atoms with Crippen LogP contribution in [0.5, 0.6) is 0 Å². The van der Waals surface area contributed by atoms with Gasteiger partial charge in [0, 0.05) is 12.6 Å². The zero-order valence-corrected chi connectivity index (χ0v) is 18.1. The highest BCUT2D eigenvalue weighted by Gasteiger charge is 2.34. The number of sulfone groups is 1. The smallest absolute Gasteiger partial charge is 0.338 e. The number of primary sulfonamides is 1. The standard InChI is InChI=1S/C18H26N2O7S2/c1-3-4-8-20(14-7-9-28(23,24)12-14)17(21)11-27-18(22)16-10-15(29(19,25)26)6-5-13(16)2/h5-6,10,14H,3-4,7-9,11-12H2,1-2H3,(H2,19,25,26). The fourth-order valence-corrected chi connectivity index (χ4v) is 5.42. The maximum absolute atomic E-state index is 12.6.